The number of esters is 1. The predicted octanol–water partition coefficient (Wildman–Crippen LogP) is 2.69. The number of hydrogen-bond donors (Lipinski definition) is 2. The molecule has 8 atom stereocenters. The second kappa shape index (κ2) is 6.65. The Kier molecular flexibility index (Phi) is 5.03. The minimum Gasteiger partial charge on any atom is -0.460 e. The van der Waals surface area contributed by atoms with Gasteiger partial charge in [0.05, 0.1) is 11.5 Å². The van der Waals surface area contributed by atoms with E-state index in [1.54, 1.807) is 0 Å². The van der Waals surface area contributed by atoms with Crippen LogP contribution >= 0.6 is 0 Å². The van der Waals surface area contributed by atoms with Crippen LogP contribution in [0.1, 0.15) is 59.8 Å². The van der Waals surface area contributed by atoms with E-state index in [0.29, 0.717) is 12.8 Å². The van der Waals surface area contributed by atoms with Crippen LogP contribution in [0.15, 0.2) is 6.08 Å². The van der Waals surface area contributed by atoms with Gasteiger partial charge in [-0.2, -0.15) is 0 Å². The Balaban J connectivity index is 2.21. The van der Waals surface area contributed by atoms with Crippen molar-refractivity contribution < 1.29 is 24.5 Å². The molecule has 0 radical (unpaired) electrons. The molecule has 3 rings (SSSR count). The molecule has 0 aliphatic heterocycles. The SMILES string of the molecule is [CH+]=C[C@@]1(C)C[C@@H](OC(=O)CO)[C@@]2(C)C3C(=O)CC[C@@]3(CC[C@H]2C)[C@H](C)[C@@H]1O. The van der Waals surface area contributed by atoms with Gasteiger partial charge in [-0.15, -0.1) is 0 Å². The molecule has 0 saturated heterocycles. The third-order valence-corrected chi connectivity index (χ3v) is 8.62. The molecule has 0 spiro atoms. The van der Waals surface area contributed by atoms with Crippen molar-refractivity contribution in [3.8, 4) is 0 Å². The third kappa shape index (κ3) is 2.70. The Morgan fingerprint density at radius 3 is 2.59 bits per heavy atom. The largest absolute Gasteiger partial charge is 0.460 e. The normalized spacial score (nSPS) is 49.7. The van der Waals surface area contributed by atoms with Crippen LogP contribution in [0, 0.1) is 40.6 Å². The molecule has 2 N–H and O–H groups in total. The molecule has 3 aliphatic rings. The lowest BCUT2D eigenvalue weighted by atomic mass is 9.44. The molecule has 0 aromatic rings. The summed E-state index contributed by atoms with van der Waals surface area (Å²) in [5.74, 6) is -0.637. The van der Waals surface area contributed by atoms with Crippen LogP contribution in [-0.4, -0.2) is 40.8 Å². The fraction of sp³-hybridized carbons (Fsp3) is 0.818. The quantitative estimate of drug-likeness (QED) is 0.584. The molecule has 5 nitrogen and oxygen atoms in total. The van der Waals surface area contributed by atoms with Crippen molar-refractivity contribution in [2.75, 3.05) is 6.61 Å². The highest BCUT2D eigenvalue weighted by molar-refractivity contribution is 5.85. The predicted molar refractivity (Wildman–Crippen MR) is 100 cm³/mol. The van der Waals surface area contributed by atoms with Gasteiger partial charge < -0.3 is 14.9 Å². The highest BCUT2D eigenvalue weighted by atomic mass is 16.6. The van der Waals surface area contributed by atoms with Gasteiger partial charge in [0.1, 0.15) is 18.5 Å². The maximum atomic E-state index is 13.1. The monoisotopic (exact) mass is 377 g/mol. The Labute approximate surface area is 162 Å². The minimum absolute atomic E-state index is 0.0833. The highest BCUT2D eigenvalue weighted by Gasteiger charge is 2.68. The fourth-order valence-corrected chi connectivity index (χ4v) is 6.66. The highest BCUT2D eigenvalue weighted by Crippen LogP contribution is 2.67. The Morgan fingerprint density at radius 2 is 2.00 bits per heavy atom. The zero-order chi connectivity index (χ0) is 20.2. The van der Waals surface area contributed by atoms with Gasteiger partial charge >= 0.3 is 5.97 Å². The van der Waals surface area contributed by atoms with E-state index in [1.165, 1.54) is 6.08 Å². The summed E-state index contributed by atoms with van der Waals surface area (Å²) in [5, 5.41) is 20.6. The Bertz CT molecular complexity index is 645. The van der Waals surface area contributed by atoms with E-state index in [9.17, 15) is 19.8 Å². The molecular weight excluding hydrogens is 344 g/mol. The van der Waals surface area contributed by atoms with E-state index in [1.807, 2.05) is 6.92 Å². The molecule has 5 heteroatoms. The standard InChI is InChI=1S/C22H33O5/c1-6-20(4)11-16(27-17(25)12-23)21(5)13(2)7-9-22(14(3)19(20)26)10-8-15(24)18(21)22/h1,6,13-14,16,18-19,23,26H,7-12H2,2-5H3/q+1/t13-,14-,16-,18?,19+,20+,21+,22+/m1/s1. The van der Waals surface area contributed by atoms with E-state index < -0.39 is 35.6 Å². The van der Waals surface area contributed by atoms with Gasteiger partial charge in [-0.05, 0) is 43.4 Å². The summed E-state index contributed by atoms with van der Waals surface area (Å²) in [4.78, 5) is 25.2. The van der Waals surface area contributed by atoms with Gasteiger partial charge in [0.15, 0.2) is 6.08 Å². The first-order valence-corrected chi connectivity index (χ1v) is 10.1. The number of aliphatic hydroxyl groups excluding tert-OH is 2. The van der Waals surface area contributed by atoms with Crippen molar-refractivity contribution in [2.45, 2.75) is 72.0 Å². The Morgan fingerprint density at radius 1 is 1.33 bits per heavy atom. The molecule has 0 amide bonds. The first-order chi connectivity index (χ1) is 12.6. The average molecular weight is 378 g/mol. The van der Waals surface area contributed by atoms with Crippen molar-refractivity contribution in [1.82, 2.24) is 0 Å². The minimum atomic E-state index is -0.748. The van der Waals surface area contributed by atoms with Gasteiger partial charge in [0.2, 0.25) is 6.58 Å². The number of ether oxygens (including phenoxy) is 1. The number of carbonyl (C=O) groups is 2. The van der Waals surface area contributed by atoms with Gasteiger partial charge in [-0.1, -0.05) is 20.8 Å². The van der Waals surface area contributed by atoms with Crippen LogP contribution in [0.25, 0.3) is 0 Å². The van der Waals surface area contributed by atoms with Gasteiger partial charge in [0.25, 0.3) is 0 Å². The summed E-state index contributed by atoms with van der Waals surface area (Å²) in [6.07, 6.45) is 3.61. The first kappa shape index (κ1) is 20.4. The van der Waals surface area contributed by atoms with Crippen LogP contribution in [-0.2, 0) is 14.3 Å². The van der Waals surface area contributed by atoms with E-state index in [2.05, 4.69) is 20.8 Å². The van der Waals surface area contributed by atoms with Crippen LogP contribution in [0.2, 0.25) is 0 Å². The second-order valence-corrected chi connectivity index (χ2v) is 9.68. The van der Waals surface area contributed by atoms with Gasteiger partial charge in [0, 0.05) is 24.2 Å². The maximum Gasteiger partial charge on any atom is 0.332 e. The molecule has 27 heavy (non-hydrogen) atoms. The van der Waals surface area contributed by atoms with E-state index in [4.69, 9.17) is 11.3 Å². The summed E-state index contributed by atoms with van der Waals surface area (Å²) in [6, 6.07) is 0. The summed E-state index contributed by atoms with van der Waals surface area (Å²) >= 11 is 0. The molecular formula is C22H33O5+. The van der Waals surface area contributed by atoms with Crippen LogP contribution in [0.4, 0.5) is 0 Å². The van der Waals surface area contributed by atoms with Crippen molar-refractivity contribution >= 4 is 11.8 Å². The van der Waals surface area contributed by atoms with Crippen molar-refractivity contribution in [1.29, 1.82) is 0 Å². The van der Waals surface area contributed by atoms with Crippen LogP contribution < -0.4 is 0 Å². The fourth-order valence-electron chi connectivity index (χ4n) is 6.66. The van der Waals surface area contributed by atoms with Crippen molar-refractivity contribution in [3.05, 3.63) is 12.7 Å². The van der Waals surface area contributed by atoms with Gasteiger partial charge in [-0.25, -0.2) is 4.79 Å². The smallest absolute Gasteiger partial charge is 0.332 e. The summed E-state index contributed by atoms with van der Waals surface area (Å²) in [6.45, 7) is 13.4. The second-order valence-electron chi connectivity index (χ2n) is 9.68. The topological polar surface area (TPSA) is 83.8 Å². The number of rotatable bonds is 3. The lowest BCUT2D eigenvalue weighted by molar-refractivity contribution is -0.207. The summed E-state index contributed by atoms with van der Waals surface area (Å²) < 4.78 is 5.74. The molecule has 150 valence electrons. The summed E-state index contributed by atoms with van der Waals surface area (Å²) in [5.41, 5.74) is -1.59. The van der Waals surface area contributed by atoms with Crippen LogP contribution in [0.3, 0.4) is 0 Å². The molecule has 3 fully saturated rings. The molecule has 3 saturated carbocycles. The number of aliphatic hydroxyl groups is 2. The van der Waals surface area contributed by atoms with Crippen LogP contribution in [0.5, 0.6) is 0 Å². The summed E-state index contributed by atoms with van der Waals surface area (Å²) in [7, 11) is 0. The van der Waals surface area contributed by atoms with E-state index >= 15 is 0 Å². The number of Topliss-reactive ketones (excluding diaryl/α,β-unsaturated/α-hetero) is 1. The molecule has 0 aromatic carbocycles. The molecule has 3 aliphatic carbocycles. The molecule has 0 aromatic heterocycles. The number of carbonyl (C=O) groups excluding carboxylic acids is 2. The third-order valence-electron chi connectivity index (χ3n) is 8.62. The number of ketones is 1. The maximum absolute atomic E-state index is 13.1. The van der Waals surface area contributed by atoms with Crippen molar-refractivity contribution in [3.63, 3.8) is 0 Å². The Hall–Kier alpha value is -1.29. The molecule has 0 heterocycles. The first-order valence-electron chi connectivity index (χ1n) is 10.1. The average Bonchev–Trinajstić information content (AvgIpc) is 3.00. The zero-order valence-electron chi connectivity index (χ0n) is 16.9. The molecule has 1 unspecified atom stereocenters. The van der Waals surface area contributed by atoms with Crippen molar-refractivity contribution in [2.24, 2.45) is 34.0 Å². The lowest BCUT2D eigenvalue weighted by Gasteiger charge is -2.61. The lowest BCUT2D eigenvalue weighted by Crippen LogP contribution is -2.63. The van der Waals surface area contributed by atoms with E-state index in [0.717, 1.165) is 19.3 Å². The number of hydrogen-bond acceptors (Lipinski definition) is 5. The van der Waals surface area contributed by atoms with Gasteiger partial charge in [-0.3, -0.25) is 4.79 Å². The van der Waals surface area contributed by atoms with E-state index in [-0.39, 0.29) is 29.0 Å². The molecule has 2 bridgehead atoms. The zero-order valence-corrected chi connectivity index (χ0v) is 16.9.